The van der Waals surface area contributed by atoms with Gasteiger partial charge in [0.2, 0.25) is 0 Å². The first-order chi connectivity index (χ1) is 15.6. The van der Waals surface area contributed by atoms with Crippen LogP contribution in [0.25, 0.3) is 0 Å². The van der Waals surface area contributed by atoms with Crippen LogP contribution in [0.1, 0.15) is 45.0 Å². The van der Waals surface area contributed by atoms with Crippen LogP contribution in [-0.2, 0) is 13.0 Å². The molecule has 0 aliphatic carbocycles. The van der Waals surface area contributed by atoms with Crippen LogP contribution in [0, 0.1) is 0 Å². The van der Waals surface area contributed by atoms with Crippen molar-refractivity contribution in [3.8, 4) is 11.5 Å². The largest absolute Gasteiger partial charge is 0.490 e. The van der Waals surface area contributed by atoms with Crippen molar-refractivity contribution in [1.82, 2.24) is 4.90 Å². The second-order valence-electron chi connectivity index (χ2n) is 7.39. The van der Waals surface area contributed by atoms with E-state index in [1.165, 1.54) is 16.9 Å². The molecule has 0 saturated heterocycles. The number of amides is 2. The monoisotopic (exact) mass is 450 g/mol. The minimum atomic E-state index is -0.214. The Morgan fingerprint density at radius 1 is 1.00 bits per heavy atom. The first kappa shape index (κ1) is 21.9. The summed E-state index contributed by atoms with van der Waals surface area (Å²) in [4.78, 5) is 28.3. The van der Waals surface area contributed by atoms with Crippen LogP contribution in [-0.4, -0.2) is 36.5 Å². The lowest BCUT2D eigenvalue weighted by atomic mass is 9.98. The maximum atomic E-state index is 13.4. The van der Waals surface area contributed by atoms with Crippen molar-refractivity contribution in [2.75, 3.05) is 25.1 Å². The fourth-order valence-corrected chi connectivity index (χ4v) is 4.43. The average Bonchev–Trinajstić information content (AvgIpc) is 3.35. The quantitative estimate of drug-likeness (QED) is 0.550. The lowest BCUT2D eigenvalue weighted by Crippen LogP contribution is -2.36. The normalized spacial score (nSPS) is 12.8. The number of hydrogen-bond acceptors (Lipinski definition) is 5. The van der Waals surface area contributed by atoms with Crippen LogP contribution in [0.2, 0.25) is 0 Å². The highest BCUT2D eigenvalue weighted by Crippen LogP contribution is 2.34. The highest BCUT2D eigenvalue weighted by Gasteiger charge is 2.25. The van der Waals surface area contributed by atoms with Crippen molar-refractivity contribution in [3.63, 3.8) is 0 Å². The first-order valence-corrected chi connectivity index (χ1v) is 11.6. The molecule has 0 saturated carbocycles. The predicted octanol–water partition coefficient (Wildman–Crippen LogP) is 5.00. The standard InChI is InChI=1S/C25H26N2O4S/c1-3-30-21-14-17-11-12-27(16-18(17)15-22(21)31-4-2)25(29)19-8-5-6-9-20(19)26-24(28)23-10-7-13-32-23/h5-10,13-15H,3-4,11-12,16H2,1-2H3,(H,26,28). The zero-order valence-corrected chi connectivity index (χ0v) is 19.0. The van der Waals surface area contributed by atoms with Gasteiger partial charge in [-0.3, -0.25) is 9.59 Å². The topological polar surface area (TPSA) is 67.9 Å². The number of nitrogens with zero attached hydrogens (tertiary/aromatic N) is 1. The van der Waals surface area contributed by atoms with Crippen molar-refractivity contribution in [2.24, 2.45) is 0 Å². The maximum absolute atomic E-state index is 13.4. The van der Waals surface area contributed by atoms with Crippen LogP contribution >= 0.6 is 11.3 Å². The number of ether oxygens (including phenoxy) is 2. The summed E-state index contributed by atoms with van der Waals surface area (Å²) < 4.78 is 11.5. The van der Waals surface area contributed by atoms with Gasteiger partial charge in [-0.05, 0) is 67.1 Å². The van der Waals surface area contributed by atoms with Gasteiger partial charge in [0.1, 0.15) is 0 Å². The van der Waals surface area contributed by atoms with E-state index in [1.54, 1.807) is 18.2 Å². The summed E-state index contributed by atoms with van der Waals surface area (Å²) in [6.07, 6.45) is 0.733. The SMILES string of the molecule is CCOc1cc2c(cc1OCC)CN(C(=O)c1ccccc1NC(=O)c1cccs1)CC2. The van der Waals surface area contributed by atoms with Crippen LogP contribution in [0.15, 0.2) is 53.9 Å². The van der Waals surface area contributed by atoms with Crippen LogP contribution in [0.4, 0.5) is 5.69 Å². The van der Waals surface area contributed by atoms with Crippen LogP contribution in [0.5, 0.6) is 11.5 Å². The number of thiophene rings is 1. The van der Waals surface area contributed by atoms with Crippen LogP contribution in [0.3, 0.4) is 0 Å². The predicted molar refractivity (Wildman–Crippen MR) is 126 cm³/mol. The highest BCUT2D eigenvalue weighted by atomic mass is 32.1. The summed E-state index contributed by atoms with van der Waals surface area (Å²) >= 11 is 1.37. The molecule has 3 aromatic rings. The molecular weight excluding hydrogens is 424 g/mol. The van der Waals surface area contributed by atoms with Gasteiger partial charge in [-0.1, -0.05) is 18.2 Å². The number of fused-ring (bicyclic) bond motifs is 1. The molecule has 7 heteroatoms. The van der Waals surface area contributed by atoms with Crippen molar-refractivity contribution in [2.45, 2.75) is 26.8 Å². The minimum absolute atomic E-state index is 0.107. The molecule has 0 radical (unpaired) electrons. The van der Waals surface area contributed by atoms with E-state index in [-0.39, 0.29) is 11.8 Å². The van der Waals surface area contributed by atoms with E-state index < -0.39 is 0 Å². The Morgan fingerprint density at radius 3 is 2.41 bits per heavy atom. The number of para-hydroxylation sites is 1. The van der Waals surface area contributed by atoms with Crippen molar-refractivity contribution >= 4 is 28.8 Å². The molecule has 0 bridgehead atoms. The Balaban J connectivity index is 1.56. The Kier molecular flexibility index (Phi) is 6.75. The molecule has 0 unspecified atom stereocenters. The summed E-state index contributed by atoms with van der Waals surface area (Å²) in [6.45, 7) is 6.07. The Hall–Kier alpha value is -3.32. The molecule has 4 rings (SSSR count). The third-order valence-corrected chi connectivity index (χ3v) is 6.18. The second-order valence-corrected chi connectivity index (χ2v) is 8.34. The third kappa shape index (κ3) is 4.62. The Morgan fingerprint density at radius 2 is 1.72 bits per heavy atom. The number of anilines is 1. The van der Waals surface area contributed by atoms with E-state index in [0.29, 0.717) is 48.2 Å². The van der Waals surface area contributed by atoms with Crippen molar-refractivity contribution in [1.29, 1.82) is 0 Å². The van der Waals surface area contributed by atoms with Gasteiger partial charge < -0.3 is 19.7 Å². The Bertz CT molecular complexity index is 1110. The van der Waals surface area contributed by atoms with Gasteiger partial charge in [-0.25, -0.2) is 0 Å². The zero-order valence-electron chi connectivity index (χ0n) is 18.2. The molecule has 1 N–H and O–H groups in total. The fraction of sp³-hybridized carbons (Fsp3) is 0.280. The van der Waals surface area contributed by atoms with E-state index in [4.69, 9.17) is 9.47 Å². The van der Waals surface area contributed by atoms with E-state index in [9.17, 15) is 9.59 Å². The van der Waals surface area contributed by atoms with Gasteiger partial charge in [0.25, 0.3) is 11.8 Å². The molecule has 0 spiro atoms. The van der Waals surface area contributed by atoms with Crippen molar-refractivity contribution in [3.05, 3.63) is 75.5 Å². The molecular formula is C25H26N2O4S. The summed E-state index contributed by atoms with van der Waals surface area (Å²) in [5, 5.41) is 4.74. The smallest absolute Gasteiger partial charge is 0.265 e. The molecule has 1 aromatic heterocycles. The van der Waals surface area contributed by atoms with E-state index >= 15 is 0 Å². The number of nitrogens with one attached hydrogen (secondary N) is 1. The second kappa shape index (κ2) is 9.87. The fourth-order valence-electron chi connectivity index (χ4n) is 3.81. The number of carbonyl (C=O) groups is 2. The summed E-state index contributed by atoms with van der Waals surface area (Å²) in [5.74, 6) is 1.12. The maximum Gasteiger partial charge on any atom is 0.265 e. The molecule has 166 valence electrons. The van der Waals surface area contributed by atoms with Gasteiger partial charge in [0.05, 0.1) is 29.3 Å². The molecule has 0 atom stereocenters. The molecule has 2 aromatic carbocycles. The van der Waals surface area contributed by atoms with E-state index in [1.807, 2.05) is 54.5 Å². The summed E-state index contributed by atoms with van der Waals surface area (Å²) in [7, 11) is 0. The van der Waals surface area contributed by atoms with Crippen molar-refractivity contribution < 1.29 is 19.1 Å². The van der Waals surface area contributed by atoms with E-state index in [2.05, 4.69) is 5.32 Å². The molecule has 0 fully saturated rings. The number of rotatable bonds is 7. The average molecular weight is 451 g/mol. The minimum Gasteiger partial charge on any atom is -0.490 e. The zero-order chi connectivity index (χ0) is 22.5. The third-order valence-electron chi connectivity index (χ3n) is 5.32. The molecule has 1 aliphatic heterocycles. The number of benzene rings is 2. The van der Waals surface area contributed by atoms with Gasteiger partial charge >= 0.3 is 0 Å². The van der Waals surface area contributed by atoms with Gasteiger partial charge in [0.15, 0.2) is 11.5 Å². The number of carbonyl (C=O) groups excluding carboxylic acids is 2. The van der Waals surface area contributed by atoms with Gasteiger partial charge in [0, 0.05) is 13.1 Å². The summed E-state index contributed by atoms with van der Waals surface area (Å²) in [6, 6.07) is 14.7. The number of hydrogen-bond donors (Lipinski definition) is 1. The van der Waals surface area contributed by atoms with E-state index in [0.717, 1.165) is 17.7 Å². The molecule has 6 nitrogen and oxygen atoms in total. The molecule has 2 heterocycles. The van der Waals surface area contributed by atoms with Gasteiger partial charge in [-0.2, -0.15) is 0 Å². The lowest BCUT2D eigenvalue weighted by molar-refractivity contribution is 0.0735. The summed E-state index contributed by atoms with van der Waals surface area (Å²) in [5.41, 5.74) is 3.22. The van der Waals surface area contributed by atoms with Gasteiger partial charge in [-0.15, -0.1) is 11.3 Å². The van der Waals surface area contributed by atoms with Crippen LogP contribution < -0.4 is 14.8 Å². The molecule has 1 aliphatic rings. The molecule has 32 heavy (non-hydrogen) atoms. The molecule has 2 amide bonds. The highest BCUT2D eigenvalue weighted by molar-refractivity contribution is 7.12. The lowest BCUT2D eigenvalue weighted by Gasteiger charge is -2.30. The Labute approximate surface area is 191 Å². The first-order valence-electron chi connectivity index (χ1n) is 10.7.